The lowest BCUT2D eigenvalue weighted by atomic mass is 9.84. The van der Waals surface area contributed by atoms with Crippen molar-refractivity contribution in [2.45, 2.75) is 38.4 Å². The molecule has 1 saturated heterocycles. The number of aromatic nitrogens is 3. The van der Waals surface area contributed by atoms with Crippen LogP contribution in [0.4, 0.5) is 0 Å². The summed E-state index contributed by atoms with van der Waals surface area (Å²) in [7, 11) is 4.01. The molecular formula is C28H33N5OS. The van der Waals surface area contributed by atoms with Crippen molar-refractivity contribution >= 4 is 22.8 Å². The molecule has 0 amide bonds. The second-order valence-electron chi connectivity index (χ2n) is 9.59. The van der Waals surface area contributed by atoms with Gasteiger partial charge in [0.15, 0.2) is 0 Å². The largest absolute Gasteiger partial charge is 0.497 e. The van der Waals surface area contributed by atoms with E-state index in [1.807, 2.05) is 18.5 Å². The summed E-state index contributed by atoms with van der Waals surface area (Å²) in [5.41, 5.74) is 5.98. The Kier molecular flexibility index (Phi) is 7.66. The average molecular weight is 488 g/mol. The number of rotatable bonds is 9. The van der Waals surface area contributed by atoms with Crippen LogP contribution >= 0.6 is 11.7 Å². The van der Waals surface area contributed by atoms with Gasteiger partial charge in [-0.25, -0.2) is 0 Å². The molecule has 0 saturated carbocycles. The van der Waals surface area contributed by atoms with Crippen molar-refractivity contribution in [2.75, 3.05) is 27.2 Å². The molecule has 0 spiro atoms. The molecule has 2 aromatic carbocycles. The van der Waals surface area contributed by atoms with Crippen molar-refractivity contribution in [3.8, 4) is 5.75 Å². The molecule has 0 aliphatic carbocycles. The molecule has 1 aliphatic heterocycles. The lowest BCUT2D eigenvalue weighted by Gasteiger charge is -2.40. The van der Waals surface area contributed by atoms with Crippen LogP contribution in [-0.2, 0) is 19.5 Å². The molecule has 0 radical (unpaired) electrons. The molecule has 182 valence electrons. The second kappa shape index (κ2) is 11.2. The number of hydrogen-bond donors (Lipinski definition) is 0. The van der Waals surface area contributed by atoms with Crippen LogP contribution in [0.2, 0.25) is 0 Å². The third-order valence-electron chi connectivity index (χ3n) is 7.23. The van der Waals surface area contributed by atoms with Crippen LogP contribution in [0.3, 0.4) is 0 Å². The van der Waals surface area contributed by atoms with Gasteiger partial charge in [0.2, 0.25) is 0 Å². The molecule has 0 bridgehead atoms. The van der Waals surface area contributed by atoms with Gasteiger partial charge in [0.05, 0.1) is 18.8 Å². The van der Waals surface area contributed by atoms with Gasteiger partial charge < -0.3 is 4.74 Å². The van der Waals surface area contributed by atoms with Gasteiger partial charge >= 0.3 is 0 Å². The number of piperidine rings is 1. The molecule has 35 heavy (non-hydrogen) atoms. The summed E-state index contributed by atoms with van der Waals surface area (Å²) < 4.78 is 14.2. The van der Waals surface area contributed by atoms with Crippen LogP contribution in [0, 0.1) is 5.92 Å². The zero-order valence-electron chi connectivity index (χ0n) is 20.5. The molecule has 5 rings (SSSR count). The van der Waals surface area contributed by atoms with Gasteiger partial charge in [0.1, 0.15) is 16.8 Å². The van der Waals surface area contributed by atoms with Crippen molar-refractivity contribution in [3.63, 3.8) is 0 Å². The van der Waals surface area contributed by atoms with Crippen molar-refractivity contribution in [1.82, 2.24) is 23.5 Å². The molecule has 1 fully saturated rings. The van der Waals surface area contributed by atoms with Crippen LogP contribution in [0.5, 0.6) is 5.75 Å². The van der Waals surface area contributed by atoms with Crippen LogP contribution < -0.4 is 4.74 Å². The first-order valence-corrected chi connectivity index (χ1v) is 13.1. The Morgan fingerprint density at radius 3 is 2.57 bits per heavy atom. The van der Waals surface area contributed by atoms with E-state index in [-0.39, 0.29) is 0 Å². The van der Waals surface area contributed by atoms with E-state index in [1.165, 1.54) is 41.3 Å². The molecule has 6 nitrogen and oxygen atoms in total. The highest BCUT2D eigenvalue weighted by Gasteiger charge is 2.29. The van der Waals surface area contributed by atoms with E-state index >= 15 is 0 Å². The average Bonchev–Trinajstić information content (AvgIpc) is 3.36. The molecule has 0 N–H and O–H groups in total. The maximum absolute atomic E-state index is 5.50. The minimum Gasteiger partial charge on any atom is -0.497 e. The molecule has 1 aliphatic rings. The maximum Gasteiger partial charge on any atom is 0.119 e. The minimum atomic E-state index is 0.467. The van der Waals surface area contributed by atoms with Crippen LogP contribution in [0.15, 0.2) is 67.0 Å². The first-order chi connectivity index (χ1) is 17.2. The van der Waals surface area contributed by atoms with Gasteiger partial charge in [-0.15, -0.1) is 0 Å². The van der Waals surface area contributed by atoms with E-state index < -0.39 is 0 Å². The molecule has 1 atom stereocenters. The number of fused-ring (bicyclic) bond motifs is 1. The Labute approximate surface area is 211 Å². The number of methoxy groups -OCH3 is 1. The van der Waals surface area contributed by atoms with Crippen molar-refractivity contribution in [2.24, 2.45) is 5.92 Å². The van der Waals surface area contributed by atoms with E-state index in [2.05, 4.69) is 79.1 Å². The number of pyridine rings is 1. The van der Waals surface area contributed by atoms with E-state index in [0.29, 0.717) is 12.0 Å². The fourth-order valence-electron chi connectivity index (χ4n) is 5.30. The molecule has 2 aromatic heterocycles. The Hall–Kier alpha value is -2.87. The Balaban J connectivity index is 1.26. The topological polar surface area (TPSA) is 54.4 Å². The van der Waals surface area contributed by atoms with Gasteiger partial charge in [-0.3, -0.25) is 14.8 Å². The third-order valence-corrected chi connectivity index (χ3v) is 7.78. The third kappa shape index (κ3) is 6.04. The SMILES string of the molecule is COc1cccc(CC(C2CCN(Cc3ccc4nsnc4c3)CC2)N(C)Cc2ccncc2)c1. The standard InChI is InChI=1S/C28H33N5OS/c1-32(19-21-8-12-29-13-9-21)28(18-22-4-3-5-25(16-22)34-2)24-10-14-33(15-11-24)20-23-6-7-26-27(17-23)31-35-30-26/h3-9,12-13,16-17,24,28H,10-11,14-15,18-20H2,1-2H3. The summed E-state index contributed by atoms with van der Waals surface area (Å²) in [6.07, 6.45) is 7.21. The number of ether oxygens (including phenoxy) is 1. The van der Waals surface area contributed by atoms with Gasteiger partial charge in [-0.2, -0.15) is 8.75 Å². The lowest BCUT2D eigenvalue weighted by Crippen LogP contribution is -2.44. The molecule has 4 aromatic rings. The van der Waals surface area contributed by atoms with E-state index in [1.54, 1.807) is 7.11 Å². The first kappa shape index (κ1) is 23.9. The summed E-state index contributed by atoms with van der Waals surface area (Å²) in [6, 6.07) is 19.7. The van der Waals surface area contributed by atoms with Gasteiger partial charge in [-0.05, 0) is 98.4 Å². The first-order valence-electron chi connectivity index (χ1n) is 12.3. The normalized spacial score (nSPS) is 16.1. The summed E-state index contributed by atoms with van der Waals surface area (Å²) in [5.74, 6) is 1.58. The highest BCUT2D eigenvalue weighted by molar-refractivity contribution is 7.00. The van der Waals surface area contributed by atoms with Crippen LogP contribution in [0.25, 0.3) is 11.0 Å². The Morgan fingerprint density at radius 2 is 1.77 bits per heavy atom. The second-order valence-corrected chi connectivity index (χ2v) is 10.1. The van der Waals surface area contributed by atoms with Crippen molar-refractivity contribution in [3.05, 3.63) is 83.7 Å². The smallest absolute Gasteiger partial charge is 0.119 e. The lowest BCUT2D eigenvalue weighted by molar-refractivity contribution is 0.0954. The monoisotopic (exact) mass is 487 g/mol. The summed E-state index contributed by atoms with van der Waals surface area (Å²) in [4.78, 5) is 9.31. The highest BCUT2D eigenvalue weighted by atomic mass is 32.1. The highest BCUT2D eigenvalue weighted by Crippen LogP contribution is 2.29. The quantitative estimate of drug-likeness (QED) is 0.329. The molecule has 3 heterocycles. The van der Waals surface area contributed by atoms with Gasteiger partial charge in [0.25, 0.3) is 0 Å². The molecule has 7 heteroatoms. The maximum atomic E-state index is 5.50. The van der Waals surface area contributed by atoms with E-state index in [0.717, 1.165) is 49.4 Å². The predicted molar refractivity (Wildman–Crippen MR) is 142 cm³/mol. The fraction of sp³-hybridized carbons (Fsp3) is 0.393. The number of likely N-dealkylation sites (tertiary alicyclic amines) is 1. The Morgan fingerprint density at radius 1 is 0.971 bits per heavy atom. The van der Waals surface area contributed by atoms with Crippen molar-refractivity contribution < 1.29 is 4.74 Å². The van der Waals surface area contributed by atoms with Gasteiger partial charge in [-0.1, -0.05) is 18.2 Å². The predicted octanol–water partition coefficient (Wildman–Crippen LogP) is 5.05. The minimum absolute atomic E-state index is 0.467. The zero-order valence-corrected chi connectivity index (χ0v) is 21.3. The molecule has 1 unspecified atom stereocenters. The summed E-state index contributed by atoms with van der Waals surface area (Å²) in [5, 5.41) is 0. The fourth-order valence-corrected chi connectivity index (χ4v) is 5.81. The number of hydrogen-bond acceptors (Lipinski definition) is 7. The zero-order chi connectivity index (χ0) is 24.0. The van der Waals surface area contributed by atoms with E-state index in [9.17, 15) is 0 Å². The van der Waals surface area contributed by atoms with Crippen molar-refractivity contribution in [1.29, 1.82) is 0 Å². The van der Waals surface area contributed by atoms with E-state index in [4.69, 9.17) is 4.74 Å². The van der Waals surface area contributed by atoms with Gasteiger partial charge in [0, 0.05) is 31.5 Å². The summed E-state index contributed by atoms with van der Waals surface area (Å²) in [6.45, 7) is 4.15. The summed E-state index contributed by atoms with van der Waals surface area (Å²) >= 11 is 1.29. The Bertz CT molecular complexity index is 1220. The number of nitrogens with zero attached hydrogens (tertiary/aromatic N) is 5. The number of benzene rings is 2. The number of likely N-dealkylation sites (N-methyl/N-ethyl adjacent to an activating group) is 1. The van der Waals surface area contributed by atoms with Crippen LogP contribution in [0.1, 0.15) is 29.5 Å². The molecular weight excluding hydrogens is 454 g/mol. The van der Waals surface area contributed by atoms with Crippen LogP contribution in [-0.4, -0.2) is 56.8 Å².